The summed E-state index contributed by atoms with van der Waals surface area (Å²) in [6.07, 6.45) is -0.288. The molecule has 6 nitrogen and oxygen atoms in total. The number of fused-ring (bicyclic) bond motifs is 3. The summed E-state index contributed by atoms with van der Waals surface area (Å²) in [6, 6.07) is 23.5. The van der Waals surface area contributed by atoms with Crippen molar-refractivity contribution in [1.82, 2.24) is 9.55 Å². The van der Waals surface area contributed by atoms with Gasteiger partial charge in [-0.05, 0) is 47.5 Å². The normalized spacial score (nSPS) is 15.5. The summed E-state index contributed by atoms with van der Waals surface area (Å²) in [5.74, 6) is 1.82. The number of nitrogens with one attached hydrogen (secondary N) is 1. The third-order valence-corrected chi connectivity index (χ3v) is 5.09. The van der Waals surface area contributed by atoms with Crippen molar-refractivity contribution in [3.8, 4) is 5.75 Å². The second kappa shape index (κ2) is 7.14. The molecule has 7 heteroatoms. The Morgan fingerprint density at radius 3 is 2.55 bits per heavy atom. The zero-order valence-corrected chi connectivity index (χ0v) is 16.2. The van der Waals surface area contributed by atoms with Gasteiger partial charge in [-0.2, -0.15) is 0 Å². The molecular weight excluding hydrogens is 386 g/mol. The van der Waals surface area contributed by atoms with E-state index >= 15 is 0 Å². The van der Waals surface area contributed by atoms with Gasteiger partial charge < -0.3 is 10.5 Å². The molecule has 0 aliphatic carbocycles. The number of nitrogens with zero attached hydrogens (tertiary/aromatic N) is 3. The smallest absolute Gasteiger partial charge is 0.212 e. The van der Waals surface area contributed by atoms with Crippen molar-refractivity contribution in [1.29, 1.82) is 0 Å². The van der Waals surface area contributed by atoms with E-state index in [9.17, 15) is 0 Å². The third-order valence-electron chi connectivity index (χ3n) is 4.84. The molecule has 0 bridgehead atoms. The average molecular weight is 404 g/mol. The first kappa shape index (κ1) is 17.6. The summed E-state index contributed by atoms with van der Waals surface area (Å²) in [6.45, 7) is 0.477. The second-order valence-corrected chi connectivity index (χ2v) is 7.23. The molecule has 0 saturated carbocycles. The monoisotopic (exact) mass is 403 g/mol. The van der Waals surface area contributed by atoms with Crippen LogP contribution in [0.1, 0.15) is 17.3 Å². The number of hydrogen-bond acceptors (Lipinski definition) is 5. The summed E-state index contributed by atoms with van der Waals surface area (Å²) in [4.78, 5) is 9.22. The van der Waals surface area contributed by atoms with Crippen molar-refractivity contribution in [2.24, 2.45) is 10.7 Å². The summed E-state index contributed by atoms with van der Waals surface area (Å²) < 4.78 is 7.94. The van der Waals surface area contributed by atoms with Crippen LogP contribution in [0.25, 0.3) is 11.0 Å². The van der Waals surface area contributed by atoms with Crippen molar-refractivity contribution in [3.63, 3.8) is 0 Å². The molecule has 3 aromatic carbocycles. The Bertz CT molecular complexity index is 1200. The highest BCUT2D eigenvalue weighted by Crippen LogP contribution is 2.32. The van der Waals surface area contributed by atoms with Crippen LogP contribution in [0.15, 0.2) is 77.8 Å². The molecule has 0 spiro atoms. The number of halogens is 1. The van der Waals surface area contributed by atoms with E-state index in [1.54, 1.807) is 0 Å². The number of anilines is 1. The fourth-order valence-corrected chi connectivity index (χ4v) is 3.55. The number of imidazole rings is 1. The lowest BCUT2D eigenvalue weighted by Crippen LogP contribution is -2.31. The van der Waals surface area contributed by atoms with E-state index in [1.165, 1.54) is 0 Å². The third kappa shape index (κ3) is 3.39. The van der Waals surface area contributed by atoms with Crippen LogP contribution < -0.4 is 15.8 Å². The highest BCUT2D eigenvalue weighted by atomic mass is 35.5. The molecule has 0 saturated heterocycles. The molecule has 1 aromatic heterocycles. The number of aromatic nitrogens is 2. The Labute approximate surface area is 172 Å². The van der Waals surface area contributed by atoms with Crippen LogP contribution in [0, 0.1) is 0 Å². The standard InChI is InChI=1S/C22H18ClN5O/c23-16-9-5-14(6-10-16)13-29-17-11-7-15(8-12-17)20-26-21(24)27-22-25-18-3-1-2-4-19(18)28(20)22/h1-12,20H,13H2,(H3,24,25,26,27). The van der Waals surface area contributed by atoms with Gasteiger partial charge in [0.2, 0.25) is 5.95 Å². The number of rotatable bonds is 4. The number of aliphatic imine (C=N–C) groups is 1. The van der Waals surface area contributed by atoms with Crippen molar-refractivity contribution >= 4 is 34.5 Å². The molecule has 3 N–H and O–H groups in total. The zero-order chi connectivity index (χ0) is 19.8. The lowest BCUT2D eigenvalue weighted by atomic mass is 10.1. The quantitative estimate of drug-likeness (QED) is 0.523. The molecule has 4 aromatic rings. The summed E-state index contributed by atoms with van der Waals surface area (Å²) in [7, 11) is 0. The minimum atomic E-state index is -0.288. The molecule has 0 radical (unpaired) electrons. The van der Waals surface area contributed by atoms with Crippen LogP contribution in [0.2, 0.25) is 5.02 Å². The molecule has 1 aliphatic heterocycles. The number of para-hydroxylation sites is 2. The van der Waals surface area contributed by atoms with E-state index in [2.05, 4.69) is 19.9 Å². The highest BCUT2D eigenvalue weighted by molar-refractivity contribution is 6.30. The number of hydrogen-bond donors (Lipinski definition) is 2. The van der Waals surface area contributed by atoms with Gasteiger partial charge in [-0.25, -0.2) is 9.98 Å². The van der Waals surface area contributed by atoms with Crippen LogP contribution >= 0.6 is 11.6 Å². The van der Waals surface area contributed by atoms with E-state index in [0.29, 0.717) is 23.5 Å². The molecule has 0 amide bonds. The number of guanidine groups is 1. The average Bonchev–Trinajstić information content (AvgIpc) is 3.11. The van der Waals surface area contributed by atoms with Crippen LogP contribution in [0.5, 0.6) is 5.75 Å². The van der Waals surface area contributed by atoms with Gasteiger partial charge in [0.25, 0.3) is 0 Å². The fourth-order valence-electron chi connectivity index (χ4n) is 3.42. The SMILES string of the molecule is NC1=NC(c2ccc(OCc3ccc(Cl)cc3)cc2)n2c(nc3ccccc32)N1. The minimum absolute atomic E-state index is 0.288. The number of nitrogens with two attached hydrogens (primary N) is 1. The first-order valence-corrected chi connectivity index (χ1v) is 9.60. The molecule has 144 valence electrons. The maximum atomic E-state index is 6.00. The highest BCUT2D eigenvalue weighted by Gasteiger charge is 2.24. The molecule has 1 aliphatic rings. The summed E-state index contributed by atoms with van der Waals surface area (Å²) >= 11 is 5.92. The largest absolute Gasteiger partial charge is 0.489 e. The van der Waals surface area contributed by atoms with Crippen molar-refractivity contribution in [3.05, 3.63) is 88.9 Å². The zero-order valence-electron chi connectivity index (χ0n) is 15.4. The predicted octanol–water partition coefficient (Wildman–Crippen LogP) is 4.56. The molecular formula is C22H18ClN5O. The van der Waals surface area contributed by atoms with Gasteiger partial charge in [0.15, 0.2) is 12.1 Å². The van der Waals surface area contributed by atoms with Gasteiger partial charge in [0.05, 0.1) is 11.0 Å². The molecule has 2 heterocycles. The van der Waals surface area contributed by atoms with Gasteiger partial charge in [-0.3, -0.25) is 9.88 Å². The molecule has 5 rings (SSSR count). The van der Waals surface area contributed by atoms with Crippen LogP contribution in [0.4, 0.5) is 5.95 Å². The fraction of sp³-hybridized carbons (Fsp3) is 0.0909. The lowest BCUT2D eigenvalue weighted by Gasteiger charge is -2.24. The van der Waals surface area contributed by atoms with Crippen molar-refractivity contribution in [2.75, 3.05) is 5.32 Å². The molecule has 1 unspecified atom stereocenters. The van der Waals surface area contributed by atoms with E-state index in [4.69, 9.17) is 22.1 Å². The molecule has 1 atom stereocenters. The molecule has 0 fully saturated rings. The first-order valence-electron chi connectivity index (χ1n) is 9.22. The number of ether oxygens (including phenoxy) is 1. The van der Waals surface area contributed by atoms with E-state index in [-0.39, 0.29) is 6.17 Å². The Hall–Kier alpha value is -3.51. The van der Waals surface area contributed by atoms with E-state index < -0.39 is 0 Å². The molecule has 29 heavy (non-hydrogen) atoms. The van der Waals surface area contributed by atoms with Gasteiger partial charge in [-0.15, -0.1) is 0 Å². The minimum Gasteiger partial charge on any atom is -0.489 e. The Morgan fingerprint density at radius 2 is 1.76 bits per heavy atom. The van der Waals surface area contributed by atoms with Crippen molar-refractivity contribution in [2.45, 2.75) is 12.8 Å². The van der Waals surface area contributed by atoms with Crippen molar-refractivity contribution < 1.29 is 4.74 Å². The van der Waals surface area contributed by atoms with E-state index in [0.717, 1.165) is 27.9 Å². The van der Waals surface area contributed by atoms with Gasteiger partial charge >= 0.3 is 0 Å². The maximum absolute atomic E-state index is 6.00. The Balaban J connectivity index is 1.41. The summed E-state index contributed by atoms with van der Waals surface area (Å²) in [5, 5.41) is 3.76. The van der Waals surface area contributed by atoms with Gasteiger partial charge in [0.1, 0.15) is 12.4 Å². The van der Waals surface area contributed by atoms with Gasteiger partial charge in [-0.1, -0.05) is 48.0 Å². The topological polar surface area (TPSA) is 77.5 Å². The Kier molecular flexibility index (Phi) is 4.33. The Morgan fingerprint density at radius 1 is 1.00 bits per heavy atom. The first-order chi connectivity index (χ1) is 14.2. The van der Waals surface area contributed by atoms with Crippen LogP contribution in [-0.4, -0.2) is 15.5 Å². The number of benzene rings is 3. The van der Waals surface area contributed by atoms with Gasteiger partial charge in [0, 0.05) is 5.02 Å². The maximum Gasteiger partial charge on any atom is 0.212 e. The van der Waals surface area contributed by atoms with Crippen LogP contribution in [0.3, 0.4) is 0 Å². The lowest BCUT2D eigenvalue weighted by molar-refractivity contribution is 0.306. The summed E-state index contributed by atoms with van der Waals surface area (Å²) in [5.41, 5.74) is 9.96. The van der Waals surface area contributed by atoms with Crippen LogP contribution in [-0.2, 0) is 6.61 Å². The van der Waals surface area contributed by atoms with E-state index in [1.807, 2.05) is 72.8 Å². The second-order valence-electron chi connectivity index (χ2n) is 6.79. The predicted molar refractivity (Wildman–Crippen MR) is 115 cm³/mol.